The van der Waals surface area contributed by atoms with Gasteiger partial charge in [0.15, 0.2) is 0 Å². The average Bonchev–Trinajstić information content (AvgIpc) is 2.61. The first-order chi connectivity index (χ1) is 12.9. The Bertz CT molecular complexity index is 598. The van der Waals surface area contributed by atoms with Gasteiger partial charge in [0.2, 0.25) is 23.6 Å². The summed E-state index contributed by atoms with van der Waals surface area (Å²) < 4.78 is 0. The third kappa shape index (κ3) is 8.31. The van der Waals surface area contributed by atoms with E-state index in [4.69, 9.17) is 11.5 Å². The van der Waals surface area contributed by atoms with Crippen LogP contribution in [-0.4, -0.2) is 70.6 Å². The highest BCUT2D eigenvalue weighted by Crippen LogP contribution is 2.08. The van der Waals surface area contributed by atoms with Gasteiger partial charge in [-0.3, -0.25) is 19.2 Å². The molecule has 0 aliphatic carbocycles. The van der Waals surface area contributed by atoms with Crippen molar-refractivity contribution in [3.8, 4) is 0 Å². The van der Waals surface area contributed by atoms with Crippen molar-refractivity contribution in [3.63, 3.8) is 0 Å². The quantitative estimate of drug-likeness (QED) is 0.175. The van der Waals surface area contributed by atoms with Crippen molar-refractivity contribution in [2.24, 2.45) is 17.4 Å². The van der Waals surface area contributed by atoms with E-state index in [0.717, 1.165) is 0 Å². The second-order valence-corrected chi connectivity index (χ2v) is 6.46. The molecule has 160 valence electrons. The van der Waals surface area contributed by atoms with E-state index >= 15 is 0 Å². The van der Waals surface area contributed by atoms with Crippen LogP contribution in [0.1, 0.15) is 33.6 Å². The Morgan fingerprint density at radius 3 is 1.96 bits per heavy atom. The van der Waals surface area contributed by atoms with E-state index in [1.165, 1.54) is 6.92 Å². The number of aliphatic hydroxyl groups excluding tert-OH is 1. The highest BCUT2D eigenvalue weighted by Gasteiger charge is 2.30. The first kappa shape index (κ1) is 25.3. The molecule has 0 rings (SSSR count). The van der Waals surface area contributed by atoms with Crippen LogP contribution >= 0.6 is 0 Å². The first-order valence-electron chi connectivity index (χ1n) is 8.73. The largest absolute Gasteiger partial charge is 0.480 e. The summed E-state index contributed by atoms with van der Waals surface area (Å²) in [4.78, 5) is 58.2. The Kier molecular flexibility index (Phi) is 10.7. The maximum Gasteiger partial charge on any atom is 0.326 e. The topological polar surface area (TPSA) is 214 Å². The minimum atomic E-state index is -1.42. The summed E-state index contributed by atoms with van der Waals surface area (Å²) in [6.07, 6.45) is 0.0682. The van der Waals surface area contributed by atoms with E-state index < -0.39 is 66.8 Å². The van der Waals surface area contributed by atoms with E-state index in [2.05, 4.69) is 16.0 Å². The van der Waals surface area contributed by atoms with Crippen molar-refractivity contribution in [3.05, 3.63) is 0 Å². The standard InChI is InChI=1S/C16H29N5O7/c1-4-7(2)12(16(27)28)21-13(24)8(3)19-15(26)10(6-22)20-14(25)9(17)5-11(18)23/h7-10,12,22H,4-6,17H2,1-3H3,(H2,18,23)(H,19,26)(H,20,25)(H,21,24)(H,27,28)/t7-,8-,9-,10-,12-/m0/s1. The monoisotopic (exact) mass is 403 g/mol. The fourth-order valence-electron chi connectivity index (χ4n) is 2.12. The number of primary amides is 1. The molecule has 0 radical (unpaired) electrons. The van der Waals surface area contributed by atoms with Crippen molar-refractivity contribution in [2.75, 3.05) is 6.61 Å². The third-order valence-corrected chi connectivity index (χ3v) is 4.10. The number of nitrogens with two attached hydrogens (primary N) is 2. The van der Waals surface area contributed by atoms with E-state index in [9.17, 15) is 34.2 Å². The molecular weight excluding hydrogens is 374 g/mol. The van der Waals surface area contributed by atoms with Crippen LogP contribution in [-0.2, 0) is 24.0 Å². The molecule has 12 heteroatoms. The number of aliphatic hydroxyl groups is 1. The van der Waals surface area contributed by atoms with Crippen LogP contribution in [0.4, 0.5) is 0 Å². The van der Waals surface area contributed by atoms with Gasteiger partial charge >= 0.3 is 5.97 Å². The van der Waals surface area contributed by atoms with Gasteiger partial charge < -0.3 is 37.6 Å². The summed E-state index contributed by atoms with van der Waals surface area (Å²) in [7, 11) is 0. The molecule has 0 aliphatic rings. The summed E-state index contributed by atoms with van der Waals surface area (Å²) in [6.45, 7) is 3.96. The van der Waals surface area contributed by atoms with Crippen molar-refractivity contribution in [2.45, 2.75) is 57.8 Å². The molecule has 12 nitrogen and oxygen atoms in total. The number of carbonyl (C=O) groups excluding carboxylic acids is 4. The number of hydrogen-bond acceptors (Lipinski definition) is 7. The van der Waals surface area contributed by atoms with Crippen molar-refractivity contribution in [1.29, 1.82) is 0 Å². The zero-order valence-corrected chi connectivity index (χ0v) is 16.1. The molecule has 0 aromatic carbocycles. The van der Waals surface area contributed by atoms with Gasteiger partial charge in [-0.15, -0.1) is 0 Å². The molecule has 0 unspecified atom stereocenters. The summed E-state index contributed by atoms with van der Waals surface area (Å²) in [5.41, 5.74) is 10.4. The van der Waals surface area contributed by atoms with Gasteiger partial charge in [-0.25, -0.2) is 4.79 Å². The first-order valence-corrected chi connectivity index (χ1v) is 8.73. The van der Waals surface area contributed by atoms with Crippen LogP contribution in [0.25, 0.3) is 0 Å². The fraction of sp³-hybridized carbons (Fsp3) is 0.688. The molecule has 0 saturated carbocycles. The number of carbonyl (C=O) groups is 5. The minimum Gasteiger partial charge on any atom is -0.480 e. The normalized spacial score (nSPS) is 16.0. The highest BCUT2D eigenvalue weighted by molar-refractivity contribution is 5.94. The highest BCUT2D eigenvalue weighted by atomic mass is 16.4. The predicted molar refractivity (Wildman–Crippen MR) is 97.4 cm³/mol. The Morgan fingerprint density at radius 2 is 1.54 bits per heavy atom. The van der Waals surface area contributed by atoms with E-state index in [1.807, 2.05) is 0 Å². The summed E-state index contributed by atoms with van der Waals surface area (Å²) in [5.74, 6) is -4.86. The van der Waals surface area contributed by atoms with Crippen LogP contribution in [0, 0.1) is 5.92 Å². The maximum atomic E-state index is 12.2. The lowest BCUT2D eigenvalue weighted by atomic mass is 9.99. The number of carboxylic acids is 1. The molecule has 0 aliphatic heterocycles. The van der Waals surface area contributed by atoms with Gasteiger partial charge in [-0.05, 0) is 12.8 Å². The van der Waals surface area contributed by atoms with Crippen LogP contribution < -0.4 is 27.4 Å². The number of aliphatic carboxylic acids is 1. The molecule has 0 bridgehead atoms. The van der Waals surface area contributed by atoms with Crippen LogP contribution in [0.5, 0.6) is 0 Å². The number of hydrogen-bond donors (Lipinski definition) is 7. The molecule has 0 spiro atoms. The van der Waals surface area contributed by atoms with Gasteiger partial charge in [-0.1, -0.05) is 20.3 Å². The minimum absolute atomic E-state index is 0.333. The number of amides is 4. The summed E-state index contributed by atoms with van der Waals surface area (Å²) >= 11 is 0. The Hall–Kier alpha value is -2.73. The lowest BCUT2D eigenvalue weighted by molar-refractivity contribution is -0.143. The van der Waals surface area contributed by atoms with Gasteiger partial charge in [0.25, 0.3) is 0 Å². The smallest absolute Gasteiger partial charge is 0.326 e. The third-order valence-electron chi connectivity index (χ3n) is 4.10. The van der Waals surface area contributed by atoms with Crippen molar-refractivity contribution >= 4 is 29.6 Å². The second kappa shape index (κ2) is 11.9. The summed E-state index contributed by atoms with van der Waals surface area (Å²) in [6, 6.07) is -4.99. The van der Waals surface area contributed by atoms with Gasteiger partial charge in [-0.2, -0.15) is 0 Å². The molecule has 0 fully saturated rings. The SMILES string of the molecule is CC[C@H](C)[C@H](NC(=O)[C@H](C)NC(=O)[C@H](CO)NC(=O)[C@@H](N)CC(N)=O)C(=O)O. The lowest BCUT2D eigenvalue weighted by Crippen LogP contribution is -2.58. The van der Waals surface area contributed by atoms with Crippen LogP contribution in [0.15, 0.2) is 0 Å². The van der Waals surface area contributed by atoms with Gasteiger partial charge in [0.1, 0.15) is 18.1 Å². The fourth-order valence-corrected chi connectivity index (χ4v) is 2.12. The number of nitrogens with one attached hydrogen (secondary N) is 3. The molecule has 0 aromatic heterocycles. The van der Waals surface area contributed by atoms with Crippen molar-refractivity contribution < 1.29 is 34.2 Å². The Labute approximate surface area is 162 Å². The van der Waals surface area contributed by atoms with E-state index in [0.29, 0.717) is 6.42 Å². The van der Waals surface area contributed by atoms with E-state index in [-0.39, 0.29) is 5.92 Å². The van der Waals surface area contributed by atoms with Crippen molar-refractivity contribution in [1.82, 2.24) is 16.0 Å². The summed E-state index contributed by atoms with van der Waals surface area (Å²) in [5, 5.41) is 25.2. The predicted octanol–water partition coefficient (Wildman–Crippen LogP) is -3.21. The molecule has 0 saturated heterocycles. The molecule has 0 heterocycles. The zero-order chi connectivity index (χ0) is 22.0. The molecule has 28 heavy (non-hydrogen) atoms. The lowest BCUT2D eigenvalue weighted by Gasteiger charge is -2.24. The van der Waals surface area contributed by atoms with Crippen LogP contribution in [0.2, 0.25) is 0 Å². The molecule has 9 N–H and O–H groups in total. The van der Waals surface area contributed by atoms with E-state index in [1.54, 1.807) is 13.8 Å². The Balaban J connectivity index is 4.86. The van der Waals surface area contributed by atoms with Gasteiger partial charge in [0.05, 0.1) is 19.1 Å². The van der Waals surface area contributed by atoms with Crippen LogP contribution in [0.3, 0.4) is 0 Å². The molecule has 0 aromatic rings. The number of carboxylic acid groups (broad SMARTS) is 1. The molecular formula is C16H29N5O7. The second-order valence-electron chi connectivity index (χ2n) is 6.46. The number of rotatable bonds is 12. The average molecular weight is 403 g/mol. The maximum absolute atomic E-state index is 12.2. The Morgan fingerprint density at radius 1 is 0.964 bits per heavy atom. The van der Waals surface area contributed by atoms with Gasteiger partial charge in [0, 0.05) is 0 Å². The molecule has 4 amide bonds. The molecule has 5 atom stereocenters. The zero-order valence-electron chi connectivity index (χ0n) is 16.1.